The zero-order chi connectivity index (χ0) is 30.5. The lowest BCUT2D eigenvalue weighted by Gasteiger charge is -2.37. The molecule has 0 unspecified atom stereocenters. The molecular formula is C39H35BrN4S. The van der Waals surface area contributed by atoms with Crippen molar-refractivity contribution in [3.63, 3.8) is 0 Å². The van der Waals surface area contributed by atoms with Gasteiger partial charge in [0.2, 0.25) is 0 Å². The van der Waals surface area contributed by atoms with E-state index >= 15 is 0 Å². The summed E-state index contributed by atoms with van der Waals surface area (Å²) in [5, 5.41) is 0. The number of benzene rings is 5. The Morgan fingerprint density at radius 2 is 1.27 bits per heavy atom. The zero-order valence-electron chi connectivity index (χ0n) is 25.0. The second-order valence-electron chi connectivity index (χ2n) is 11.4. The summed E-state index contributed by atoms with van der Waals surface area (Å²) in [6.45, 7) is 3.61. The van der Waals surface area contributed by atoms with Gasteiger partial charge in [0.1, 0.15) is 5.54 Å². The van der Waals surface area contributed by atoms with Gasteiger partial charge >= 0.3 is 0 Å². The third-order valence-electron chi connectivity index (χ3n) is 8.55. The van der Waals surface area contributed by atoms with Gasteiger partial charge in [-0.3, -0.25) is 0 Å². The first kappa shape index (κ1) is 29.6. The Labute approximate surface area is 278 Å². The standard InChI is InChI=1S/C39H35BrN4S/c40-35-21-22-37-38(27-35)45-44(24-23-31-13-5-1-6-14-31)26-25-42(37)28-36-29-43(30-41-36)39(32-15-7-2-8-16-32,33-17-9-3-10-18-33)34-19-11-4-12-20-34/h1-22,27,29-30H,23-26,28H2. The molecule has 0 saturated carbocycles. The summed E-state index contributed by atoms with van der Waals surface area (Å²) in [7, 11) is 0. The third kappa shape index (κ3) is 6.23. The van der Waals surface area contributed by atoms with Crippen molar-refractivity contribution in [2.24, 2.45) is 0 Å². The van der Waals surface area contributed by atoms with Gasteiger partial charge in [-0.25, -0.2) is 9.29 Å². The number of halogens is 1. The molecule has 0 saturated heterocycles. The predicted molar refractivity (Wildman–Crippen MR) is 190 cm³/mol. The fourth-order valence-corrected chi connectivity index (χ4v) is 8.01. The van der Waals surface area contributed by atoms with Gasteiger partial charge in [-0.2, -0.15) is 0 Å². The Balaban J connectivity index is 1.23. The first-order valence-electron chi connectivity index (χ1n) is 15.4. The van der Waals surface area contributed by atoms with Gasteiger partial charge in [0, 0.05) is 35.2 Å². The second kappa shape index (κ2) is 13.5. The SMILES string of the molecule is Brc1ccc2c(c1)SN(CCc1ccccc1)CCN2Cc1cn(C(c2ccccc2)(c2ccccc2)c2ccccc2)cn1. The zero-order valence-corrected chi connectivity index (χ0v) is 27.4. The van der Waals surface area contributed by atoms with Crippen LogP contribution in [0.5, 0.6) is 0 Å². The number of imidazole rings is 1. The molecule has 7 rings (SSSR count). The fourth-order valence-electron chi connectivity index (χ4n) is 6.39. The van der Waals surface area contributed by atoms with Gasteiger partial charge < -0.3 is 9.47 Å². The Morgan fingerprint density at radius 3 is 1.87 bits per heavy atom. The second-order valence-corrected chi connectivity index (χ2v) is 13.4. The molecule has 5 aromatic carbocycles. The molecule has 1 aromatic heterocycles. The Hall–Kier alpha value is -4.10. The minimum atomic E-state index is -0.569. The lowest BCUT2D eigenvalue weighted by Crippen LogP contribution is -2.37. The molecule has 4 nitrogen and oxygen atoms in total. The molecule has 45 heavy (non-hydrogen) atoms. The van der Waals surface area contributed by atoms with E-state index in [-0.39, 0.29) is 0 Å². The number of rotatable bonds is 9. The van der Waals surface area contributed by atoms with Crippen molar-refractivity contribution in [2.45, 2.75) is 23.4 Å². The number of anilines is 1. The minimum Gasteiger partial charge on any atom is -0.363 e. The van der Waals surface area contributed by atoms with E-state index in [0.717, 1.165) is 42.8 Å². The first-order chi connectivity index (χ1) is 22.2. The summed E-state index contributed by atoms with van der Waals surface area (Å²) < 4.78 is 5.91. The Morgan fingerprint density at radius 1 is 0.689 bits per heavy atom. The van der Waals surface area contributed by atoms with Crippen LogP contribution in [0.1, 0.15) is 27.9 Å². The average molecular weight is 672 g/mol. The summed E-state index contributed by atoms with van der Waals surface area (Å²) in [5.41, 5.74) is 6.68. The van der Waals surface area contributed by atoms with Crippen LogP contribution in [-0.2, 0) is 18.5 Å². The molecule has 0 aliphatic carbocycles. The van der Waals surface area contributed by atoms with Gasteiger partial charge in [0.15, 0.2) is 0 Å². The van der Waals surface area contributed by atoms with E-state index in [4.69, 9.17) is 4.98 Å². The van der Waals surface area contributed by atoms with Crippen LogP contribution in [0.3, 0.4) is 0 Å². The third-order valence-corrected chi connectivity index (χ3v) is 10.2. The molecule has 6 aromatic rings. The van der Waals surface area contributed by atoms with Gasteiger partial charge in [-0.1, -0.05) is 137 Å². The summed E-state index contributed by atoms with van der Waals surface area (Å²) in [6, 6.07) is 49.8. The van der Waals surface area contributed by atoms with Crippen LogP contribution in [0, 0.1) is 0 Å². The van der Waals surface area contributed by atoms with Gasteiger partial charge in [-0.05, 0) is 58.8 Å². The fraction of sp³-hybridized carbons (Fsp3) is 0.154. The van der Waals surface area contributed by atoms with Crippen LogP contribution in [0.25, 0.3) is 0 Å². The van der Waals surface area contributed by atoms with Crippen LogP contribution in [0.2, 0.25) is 0 Å². The Kier molecular flexibility index (Phi) is 8.87. The van der Waals surface area contributed by atoms with E-state index in [1.807, 2.05) is 18.3 Å². The molecule has 0 N–H and O–H groups in total. The summed E-state index contributed by atoms with van der Waals surface area (Å²) in [6.07, 6.45) is 5.29. The molecule has 1 aliphatic rings. The van der Waals surface area contributed by atoms with Crippen molar-refractivity contribution in [1.29, 1.82) is 0 Å². The summed E-state index contributed by atoms with van der Waals surface area (Å²) >= 11 is 5.59. The van der Waals surface area contributed by atoms with Crippen molar-refractivity contribution in [3.05, 3.63) is 184 Å². The van der Waals surface area contributed by atoms with Crippen LogP contribution in [0.15, 0.2) is 161 Å². The van der Waals surface area contributed by atoms with Crippen molar-refractivity contribution in [1.82, 2.24) is 13.9 Å². The number of aromatic nitrogens is 2. The molecule has 1 aliphatic heterocycles. The predicted octanol–water partition coefficient (Wildman–Crippen LogP) is 9.06. The number of hydrogen-bond acceptors (Lipinski definition) is 4. The summed E-state index contributed by atoms with van der Waals surface area (Å²) in [5.74, 6) is 0. The molecule has 0 fully saturated rings. The first-order valence-corrected chi connectivity index (χ1v) is 17.0. The van der Waals surface area contributed by atoms with Crippen molar-refractivity contribution >= 4 is 33.6 Å². The van der Waals surface area contributed by atoms with E-state index in [1.54, 1.807) is 0 Å². The summed E-state index contributed by atoms with van der Waals surface area (Å²) in [4.78, 5) is 8.81. The topological polar surface area (TPSA) is 24.3 Å². The molecule has 0 spiro atoms. The lowest BCUT2D eigenvalue weighted by molar-refractivity contribution is 0.479. The smallest absolute Gasteiger partial charge is 0.121 e. The highest BCUT2D eigenvalue weighted by Crippen LogP contribution is 2.42. The molecule has 0 amide bonds. The van der Waals surface area contributed by atoms with E-state index in [1.165, 1.54) is 32.8 Å². The highest BCUT2D eigenvalue weighted by Gasteiger charge is 2.38. The molecule has 0 atom stereocenters. The largest absolute Gasteiger partial charge is 0.363 e. The molecule has 2 heterocycles. The maximum absolute atomic E-state index is 5.06. The van der Waals surface area contributed by atoms with E-state index in [2.05, 4.69) is 175 Å². The average Bonchev–Trinajstić information content (AvgIpc) is 3.49. The van der Waals surface area contributed by atoms with Crippen LogP contribution in [0.4, 0.5) is 5.69 Å². The maximum atomic E-state index is 5.06. The monoisotopic (exact) mass is 670 g/mol. The highest BCUT2D eigenvalue weighted by molar-refractivity contribution is 9.10. The normalized spacial score (nSPS) is 13.8. The number of nitrogens with zero attached hydrogens (tertiary/aromatic N) is 4. The lowest BCUT2D eigenvalue weighted by atomic mass is 9.77. The van der Waals surface area contributed by atoms with Crippen molar-refractivity contribution in [2.75, 3.05) is 24.5 Å². The van der Waals surface area contributed by atoms with Crippen LogP contribution >= 0.6 is 27.9 Å². The van der Waals surface area contributed by atoms with Crippen LogP contribution in [-0.4, -0.2) is 33.5 Å². The quantitative estimate of drug-likeness (QED) is 0.113. The van der Waals surface area contributed by atoms with E-state index < -0.39 is 5.54 Å². The molecule has 6 heteroatoms. The molecule has 0 bridgehead atoms. The van der Waals surface area contributed by atoms with Gasteiger partial charge in [0.25, 0.3) is 0 Å². The van der Waals surface area contributed by atoms with Gasteiger partial charge in [0.05, 0.1) is 24.3 Å². The number of hydrogen-bond donors (Lipinski definition) is 0. The minimum absolute atomic E-state index is 0.569. The van der Waals surface area contributed by atoms with Gasteiger partial charge in [-0.15, -0.1) is 0 Å². The number of fused-ring (bicyclic) bond motifs is 1. The van der Waals surface area contributed by atoms with Crippen molar-refractivity contribution in [3.8, 4) is 0 Å². The molecule has 0 radical (unpaired) electrons. The Bertz CT molecular complexity index is 1730. The molecule has 224 valence electrons. The van der Waals surface area contributed by atoms with E-state index in [9.17, 15) is 0 Å². The molecular weight excluding hydrogens is 636 g/mol. The maximum Gasteiger partial charge on any atom is 0.121 e. The van der Waals surface area contributed by atoms with Crippen LogP contribution < -0.4 is 4.90 Å². The highest BCUT2D eigenvalue weighted by atomic mass is 79.9. The van der Waals surface area contributed by atoms with Crippen molar-refractivity contribution < 1.29 is 0 Å². The van der Waals surface area contributed by atoms with E-state index in [0.29, 0.717) is 0 Å².